The summed E-state index contributed by atoms with van der Waals surface area (Å²) in [7, 11) is 1.55. The number of oxazole rings is 1. The standard InChI is InChI=1S/C9H13ClN2O3/c1-6-8(15-5-12-6)9(13)11-3-7(10)4-14-2/h5,7H,3-4H2,1-2H3,(H,11,13). The van der Waals surface area contributed by atoms with Crippen molar-refractivity contribution in [1.82, 2.24) is 10.3 Å². The summed E-state index contributed by atoms with van der Waals surface area (Å²) < 4.78 is 9.75. The number of halogens is 1. The number of amides is 1. The molecular weight excluding hydrogens is 220 g/mol. The quantitative estimate of drug-likeness (QED) is 0.769. The van der Waals surface area contributed by atoms with E-state index in [2.05, 4.69) is 10.3 Å². The van der Waals surface area contributed by atoms with E-state index in [1.807, 2.05) is 0 Å². The zero-order valence-electron chi connectivity index (χ0n) is 8.62. The number of nitrogens with one attached hydrogen (secondary N) is 1. The molecule has 0 spiro atoms. The van der Waals surface area contributed by atoms with E-state index in [0.717, 1.165) is 0 Å². The normalized spacial score (nSPS) is 12.5. The molecule has 15 heavy (non-hydrogen) atoms. The SMILES string of the molecule is COCC(Cl)CNC(=O)c1ocnc1C. The van der Waals surface area contributed by atoms with Gasteiger partial charge in [0.1, 0.15) is 0 Å². The van der Waals surface area contributed by atoms with E-state index in [9.17, 15) is 4.79 Å². The number of methoxy groups -OCH3 is 1. The topological polar surface area (TPSA) is 64.4 Å². The molecule has 5 nitrogen and oxygen atoms in total. The van der Waals surface area contributed by atoms with Crippen LogP contribution in [0.15, 0.2) is 10.8 Å². The van der Waals surface area contributed by atoms with Gasteiger partial charge >= 0.3 is 0 Å². The highest BCUT2D eigenvalue weighted by Gasteiger charge is 2.14. The van der Waals surface area contributed by atoms with E-state index in [1.54, 1.807) is 14.0 Å². The molecule has 0 aliphatic rings. The van der Waals surface area contributed by atoms with Gasteiger partial charge in [-0.1, -0.05) is 0 Å². The van der Waals surface area contributed by atoms with Crippen molar-refractivity contribution in [2.24, 2.45) is 0 Å². The molecule has 84 valence electrons. The minimum absolute atomic E-state index is 0.219. The van der Waals surface area contributed by atoms with Gasteiger partial charge in [-0.2, -0.15) is 0 Å². The molecule has 1 rings (SSSR count). The third-order valence-corrected chi connectivity index (χ3v) is 2.06. The predicted octanol–water partition coefficient (Wildman–Crippen LogP) is 0.967. The first-order valence-electron chi connectivity index (χ1n) is 4.46. The fourth-order valence-corrected chi connectivity index (χ4v) is 1.25. The van der Waals surface area contributed by atoms with Crippen molar-refractivity contribution in [3.05, 3.63) is 17.8 Å². The summed E-state index contributed by atoms with van der Waals surface area (Å²) in [6.07, 6.45) is 1.23. The maximum Gasteiger partial charge on any atom is 0.289 e. The van der Waals surface area contributed by atoms with Crippen LogP contribution in [-0.4, -0.2) is 36.5 Å². The Labute approximate surface area is 92.8 Å². The molecule has 0 fully saturated rings. The Morgan fingerprint density at radius 2 is 2.53 bits per heavy atom. The van der Waals surface area contributed by atoms with E-state index in [0.29, 0.717) is 18.8 Å². The summed E-state index contributed by atoms with van der Waals surface area (Å²) in [6.45, 7) is 2.41. The molecular formula is C9H13ClN2O3. The van der Waals surface area contributed by atoms with Gasteiger partial charge in [-0.15, -0.1) is 11.6 Å². The summed E-state index contributed by atoms with van der Waals surface area (Å²) in [5.41, 5.74) is 0.561. The highest BCUT2D eigenvalue weighted by atomic mass is 35.5. The Kier molecular flexibility index (Phi) is 4.58. The number of hydrogen-bond donors (Lipinski definition) is 1. The summed E-state index contributed by atoms with van der Waals surface area (Å²) in [6, 6.07) is 0. The number of aromatic nitrogens is 1. The number of hydrogen-bond acceptors (Lipinski definition) is 4. The van der Waals surface area contributed by atoms with Gasteiger partial charge in [0.25, 0.3) is 5.91 Å². The average molecular weight is 233 g/mol. The lowest BCUT2D eigenvalue weighted by Crippen LogP contribution is -2.31. The molecule has 0 aliphatic carbocycles. The number of aryl methyl sites for hydroxylation is 1. The molecule has 0 aliphatic heterocycles. The lowest BCUT2D eigenvalue weighted by molar-refractivity contribution is 0.0921. The minimum atomic E-state index is -0.313. The van der Waals surface area contributed by atoms with Crippen LogP contribution in [0.5, 0.6) is 0 Å². The molecule has 0 saturated carbocycles. The van der Waals surface area contributed by atoms with Crippen LogP contribution in [0.4, 0.5) is 0 Å². The van der Waals surface area contributed by atoms with Gasteiger partial charge < -0.3 is 14.5 Å². The Morgan fingerprint density at radius 3 is 3.07 bits per heavy atom. The maximum absolute atomic E-state index is 11.5. The molecule has 1 atom stereocenters. The molecule has 0 aromatic carbocycles. The first-order chi connectivity index (χ1) is 7.15. The molecule has 1 N–H and O–H groups in total. The first kappa shape index (κ1) is 12.0. The van der Waals surface area contributed by atoms with Gasteiger partial charge in [-0.05, 0) is 6.92 Å². The van der Waals surface area contributed by atoms with Crippen LogP contribution in [0.3, 0.4) is 0 Å². The third kappa shape index (κ3) is 3.53. The van der Waals surface area contributed by atoms with Crippen LogP contribution in [0.25, 0.3) is 0 Å². The van der Waals surface area contributed by atoms with Crippen LogP contribution in [0.2, 0.25) is 0 Å². The van der Waals surface area contributed by atoms with Crippen LogP contribution in [0, 0.1) is 6.92 Å². The van der Waals surface area contributed by atoms with Gasteiger partial charge in [0.15, 0.2) is 6.39 Å². The van der Waals surface area contributed by atoms with Gasteiger partial charge in [-0.3, -0.25) is 4.79 Å². The smallest absolute Gasteiger partial charge is 0.289 e. The second kappa shape index (κ2) is 5.72. The zero-order valence-corrected chi connectivity index (χ0v) is 9.37. The van der Waals surface area contributed by atoms with E-state index < -0.39 is 0 Å². The fourth-order valence-electron chi connectivity index (χ4n) is 1.04. The van der Waals surface area contributed by atoms with Crippen LogP contribution >= 0.6 is 11.6 Å². The van der Waals surface area contributed by atoms with Crippen LogP contribution in [-0.2, 0) is 4.74 Å². The molecule has 1 unspecified atom stereocenters. The Balaban J connectivity index is 2.40. The monoisotopic (exact) mass is 232 g/mol. The molecule has 1 aromatic rings. The summed E-state index contributed by atoms with van der Waals surface area (Å²) in [4.78, 5) is 15.3. The predicted molar refractivity (Wildman–Crippen MR) is 55.1 cm³/mol. The molecule has 1 aromatic heterocycles. The second-order valence-corrected chi connectivity index (χ2v) is 3.65. The van der Waals surface area contributed by atoms with Gasteiger partial charge in [0.2, 0.25) is 5.76 Å². The van der Waals surface area contributed by atoms with Crippen molar-refractivity contribution in [1.29, 1.82) is 0 Å². The molecule has 0 bridgehead atoms. The Hall–Kier alpha value is -1.07. The highest BCUT2D eigenvalue weighted by Crippen LogP contribution is 2.04. The van der Waals surface area contributed by atoms with Crippen molar-refractivity contribution < 1.29 is 13.9 Å². The maximum atomic E-state index is 11.5. The van der Waals surface area contributed by atoms with Crippen molar-refractivity contribution >= 4 is 17.5 Å². The summed E-state index contributed by atoms with van der Waals surface area (Å²) in [5.74, 6) is -0.0944. The van der Waals surface area contributed by atoms with Crippen LogP contribution < -0.4 is 5.32 Å². The summed E-state index contributed by atoms with van der Waals surface area (Å²) >= 11 is 5.84. The van der Waals surface area contributed by atoms with Crippen molar-refractivity contribution in [2.45, 2.75) is 12.3 Å². The molecule has 1 heterocycles. The number of ether oxygens (including phenoxy) is 1. The van der Waals surface area contributed by atoms with E-state index in [-0.39, 0.29) is 17.0 Å². The van der Waals surface area contributed by atoms with Crippen molar-refractivity contribution in [3.63, 3.8) is 0 Å². The average Bonchev–Trinajstić information content (AvgIpc) is 2.61. The van der Waals surface area contributed by atoms with Crippen molar-refractivity contribution in [2.75, 3.05) is 20.3 Å². The zero-order chi connectivity index (χ0) is 11.3. The minimum Gasteiger partial charge on any atom is -0.438 e. The lowest BCUT2D eigenvalue weighted by Gasteiger charge is -2.08. The largest absolute Gasteiger partial charge is 0.438 e. The van der Waals surface area contributed by atoms with E-state index in [1.165, 1.54) is 6.39 Å². The number of rotatable bonds is 5. The number of carbonyl (C=O) groups is 1. The summed E-state index contributed by atoms with van der Waals surface area (Å²) in [5, 5.41) is 2.38. The van der Waals surface area contributed by atoms with Gasteiger partial charge in [0.05, 0.1) is 17.7 Å². The Morgan fingerprint density at radius 1 is 1.80 bits per heavy atom. The molecule has 1 amide bonds. The van der Waals surface area contributed by atoms with Gasteiger partial charge in [-0.25, -0.2) is 4.98 Å². The third-order valence-electron chi connectivity index (χ3n) is 1.78. The molecule has 0 saturated heterocycles. The number of alkyl halides is 1. The fraction of sp³-hybridized carbons (Fsp3) is 0.556. The number of nitrogens with zero attached hydrogens (tertiary/aromatic N) is 1. The lowest BCUT2D eigenvalue weighted by atomic mass is 10.3. The van der Waals surface area contributed by atoms with E-state index in [4.69, 9.17) is 20.8 Å². The Bertz CT molecular complexity index is 327. The molecule has 6 heteroatoms. The second-order valence-electron chi connectivity index (χ2n) is 3.03. The first-order valence-corrected chi connectivity index (χ1v) is 4.90. The van der Waals surface area contributed by atoms with E-state index >= 15 is 0 Å². The molecule has 0 radical (unpaired) electrons. The highest BCUT2D eigenvalue weighted by molar-refractivity contribution is 6.21. The van der Waals surface area contributed by atoms with Crippen LogP contribution in [0.1, 0.15) is 16.2 Å². The number of carbonyl (C=O) groups excluding carboxylic acids is 1. The van der Waals surface area contributed by atoms with Gasteiger partial charge in [0, 0.05) is 13.7 Å². The van der Waals surface area contributed by atoms with Crippen molar-refractivity contribution in [3.8, 4) is 0 Å².